The second-order valence-electron chi connectivity index (χ2n) is 7.75. The van der Waals surface area contributed by atoms with Crippen molar-refractivity contribution in [3.05, 3.63) is 0 Å². The molecule has 0 aliphatic carbocycles. The lowest BCUT2D eigenvalue weighted by Crippen LogP contribution is -2.25. The highest BCUT2D eigenvalue weighted by atomic mass is 16.5. The first-order chi connectivity index (χ1) is 10.9. The Morgan fingerprint density at radius 1 is 0.522 bits per heavy atom. The van der Waals surface area contributed by atoms with Crippen molar-refractivity contribution in [2.45, 2.75) is 61.3 Å². The van der Waals surface area contributed by atoms with Crippen molar-refractivity contribution in [2.24, 2.45) is 29.6 Å². The van der Waals surface area contributed by atoms with Crippen LogP contribution in [0.4, 0.5) is 0 Å². The Labute approximate surface area is 145 Å². The topological polar surface area (TPSA) is 27.7 Å². The molecule has 23 heavy (non-hydrogen) atoms. The molecule has 0 bridgehead atoms. The van der Waals surface area contributed by atoms with Crippen LogP contribution in [0.1, 0.15) is 61.3 Å². The van der Waals surface area contributed by atoms with Gasteiger partial charge in [-0.15, -0.1) is 0 Å². The maximum absolute atomic E-state index is 5.93. The second kappa shape index (κ2) is 14.2. The third-order valence-electron chi connectivity index (χ3n) is 4.61. The Morgan fingerprint density at radius 3 is 1.22 bits per heavy atom. The first-order valence-electron chi connectivity index (χ1n) is 9.63. The van der Waals surface area contributed by atoms with Gasteiger partial charge in [0, 0.05) is 25.0 Å². The molecule has 0 heterocycles. The summed E-state index contributed by atoms with van der Waals surface area (Å²) >= 11 is 0. The van der Waals surface area contributed by atoms with E-state index in [4.69, 9.17) is 14.2 Å². The minimum absolute atomic E-state index is 0.452. The maximum atomic E-state index is 5.93. The van der Waals surface area contributed by atoms with Crippen LogP contribution in [0, 0.1) is 29.6 Å². The molecule has 0 saturated carbocycles. The summed E-state index contributed by atoms with van der Waals surface area (Å²) in [6.07, 6.45) is 2.36. The normalized spacial score (nSPS) is 17.2. The van der Waals surface area contributed by atoms with Gasteiger partial charge in [-0.05, 0) is 17.8 Å². The van der Waals surface area contributed by atoms with E-state index in [1.54, 1.807) is 0 Å². The number of hydrogen-bond donors (Lipinski definition) is 0. The predicted octanol–water partition coefficient (Wildman–Crippen LogP) is 5.04. The molecule has 0 aromatic rings. The SMILES string of the molecule is CCC(C)COCC(C)COCC(COCC(C)CC)C(C)C. The van der Waals surface area contributed by atoms with Crippen LogP contribution in [0.15, 0.2) is 0 Å². The summed E-state index contributed by atoms with van der Waals surface area (Å²) in [5.74, 6) is 2.81. The monoisotopic (exact) mass is 330 g/mol. The van der Waals surface area contributed by atoms with Crippen molar-refractivity contribution >= 4 is 0 Å². The minimum atomic E-state index is 0.452. The third kappa shape index (κ3) is 12.9. The molecule has 0 amide bonds. The van der Waals surface area contributed by atoms with Gasteiger partial charge in [-0.25, -0.2) is 0 Å². The molecule has 0 rings (SSSR count). The Morgan fingerprint density at radius 2 is 0.870 bits per heavy atom. The van der Waals surface area contributed by atoms with E-state index in [9.17, 15) is 0 Å². The molecule has 0 aliphatic heterocycles. The average Bonchev–Trinajstić information content (AvgIpc) is 2.52. The molecule has 0 fully saturated rings. The highest BCUT2D eigenvalue weighted by molar-refractivity contribution is 4.63. The van der Waals surface area contributed by atoms with Crippen LogP contribution >= 0.6 is 0 Å². The number of rotatable bonds is 15. The van der Waals surface area contributed by atoms with E-state index in [2.05, 4.69) is 48.5 Å². The summed E-state index contributed by atoms with van der Waals surface area (Å²) in [6, 6.07) is 0. The minimum Gasteiger partial charge on any atom is -0.381 e. The average molecular weight is 331 g/mol. The fraction of sp³-hybridized carbons (Fsp3) is 1.00. The fourth-order valence-corrected chi connectivity index (χ4v) is 2.03. The summed E-state index contributed by atoms with van der Waals surface area (Å²) in [5.41, 5.74) is 0. The van der Waals surface area contributed by atoms with Gasteiger partial charge in [-0.3, -0.25) is 0 Å². The highest BCUT2D eigenvalue weighted by Gasteiger charge is 2.15. The van der Waals surface area contributed by atoms with Crippen LogP contribution < -0.4 is 0 Å². The lowest BCUT2D eigenvalue weighted by atomic mass is 9.98. The summed E-state index contributed by atoms with van der Waals surface area (Å²) < 4.78 is 17.5. The summed E-state index contributed by atoms with van der Waals surface area (Å²) in [7, 11) is 0. The molecule has 0 aromatic carbocycles. The molecule has 4 unspecified atom stereocenters. The van der Waals surface area contributed by atoms with Gasteiger partial charge in [0.1, 0.15) is 0 Å². The largest absolute Gasteiger partial charge is 0.381 e. The van der Waals surface area contributed by atoms with Gasteiger partial charge in [-0.2, -0.15) is 0 Å². The zero-order valence-electron chi connectivity index (χ0n) is 16.8. The number of ether oxygens (including phenoxy) is 3. The van der Waals surface area contributed by atoms with Crippen LogP contribution in [0.5, 0.6) is 0 Å². The molecule has 0 saturated heterocycles. The first kappa shape index (κ1) is 22.9. The quantitative estimate of drug-likeness (QED) is 0.421. The highest BCUT2D eigenvalue weighted by Crippen LogP contribution is 2.14. The lowest BCUT2D eigenvalue weighted by Gasteiger charge is -2.23. The number of hydrogen-bond acceptors (Lipinski definition) is 3. The Bertz CT molecular complexity index is 255. The molecule has 140 valence electrons. The van der Waals surface area contributed by atoms with Crippen molar-refractivity contribution in [1.82, 2.24) is 0 Å². The van der Waals surface area contributed by atoms with Crippen LogP contribution in [-0.2, 0) is 14.2 Å². The molecular weight excluding hydrogens is 288 g/mol. The molecule has 3 heteroatoms. The van der Waals surface area contributed by atoms with Gasteiger partial charge in [-0.1, -0.05) is 61.3 Å². The predicted molar refractivity (Wildman–Crippen MR) is 98.9 cm³/mol. The van der Waals surface area contributed by atoms with Gasteiger partial charge < -0.3 is 14.2 Å². The third-order valence-corrected chi connectivity index (χ3v) is 4.61. The van der Waals surface area contributed by atoms with E-state index >= 15 is 0 Å². The van der Waals surface area contributed by atoms with E-state index in [-0.39, 0.29) is 0 Å². The van der Waals surface area contributed by atoms with Gasteiger partial charge in [0.25, 0.3) is 0 Å². The van der Waals surface area contributed by atoms with Gasteiger partial charge in [0.15, 0.2) is 0 Å². The Hall–Kier alpha value is -0.120. The van der Waals surface area contributed by atoms with Crippen LogP contribution in [-0.4, -0.2) is 39.6 Å². The molecule has 0 spiro atoms. The van der Waals surface area contributed by atoms with Crippen LogP contribution in [0.25, 0.3) is 0 Å². The molecule has 4 atom stereocenters. The molecular formula is C20H42O3. The van der Waals surface area contributed by atoms with E-state index in [0.717, 1.165) is 39.6 Å². The second-order valence-corrected chi connectivity index (χ2v) is 7.75. The van der Waals surface area contributed by atoms with E-state index in [1.165, 1.54) is 12.8 Å². The van der Waals surface area contributed by atoms with Crippen molar-refractivity contribution in [2.75, 3.05) is 39.6 Å². The molecule has 0 aromatic heterocycles. The van der Waals surface area contributed by atoms with E-state index in [1.807, 2.05) is 0 Å². The van der Waals surface area contributed by atoms with Crippen LogP contribution in [0.2, 0.25) is 0 Å². The molecule has 0 aliphatic rings. The first-order valence-corrected chi connectivity index (χ1v) is 9.63. The Balaban J connectivity index is 3.81. The van der Waals surface area contributed by atoms with Crippen molar-refractivity contribution in [3.8, 4) is 0 Å². The standard InChI is InChI=1S/C20H42O3/c1-8-17(5)10-21-12-19(7)13-23-15-20(16(3)4)14-22-11-18(6)9-2/h16-20H,8-15H2,1-7H3. The van der Waals surface area contributed by atoms with Crippen LogP contribution in [0.3, 0.4) is 0 Å². The van der Waals surface area contributed by atoms with Crippen molar-refractivity contribution in [3.63, 3.8) is 0 Å². The fourth-order valence-electron chi connectivity index (χ4n) is 2.03. The maximum Gasteiger partial charge on any atom is 0.0518 e. The van der Waals surface area contributed by atoms with Gasteiger partial charge in [0.2, 0.25) is 0 Å². The summed E-state index contributed by atoms with van der Waals surface area (Å²) in [5, 5.41) is 0. The molecule has 0 radical (unpaired) electrons. The Kier molecular flexibility index (Phi) is 14.2. The van der Waals surface area contributed by atoms with Gasteiger partial charge in [0.05, 0.1) is 26.4 Å². The summed E-state index contributed by atoms with van der Waals surface area (Å²) in [4.78, 5) is 0. The molecule has 3 nitrogen and oxygen atoms in total. The van der Waals surface area contributed by atoms with Crippen molar-refractivity contribution < 1.29 is 14.2 Å². The summed E-state index contributed by atoms with van der Waals surface area (Å²) in [6.45, 7) is 20.5. The zero-order chi connectivity index (χ0) is 17.7. The molecule has 0 N–H and O–H groups in total. The van der Waals surface area contributed by atoms with Gasteiger partial charge >= 0.3 is 0 Å². The van der Waals surface area contributed by atoms with Crippen molar-refractivity contribution in [1.29, 1.82) is 0 Å². The lowest BCUT2D eigenvalue weighted by molar-refractivity contribution is -0.00935. The van der Waals surface area contributed by atoms with E-state index in [0.29, 0.717) is 29.6 Å². The zero-order valence-corrected chi connectivity index (χ0v) is 16.8. The van der Waals surface area contributed by atoms with E-state index < -0.39 is 0 Å². The smallest absolute Gasteiger partial charge is 0.0518 e.